The van der Waals surface area contributed by atoms with Gasteiger partial charge in [0.15, 0.2) is 0 Å². The first-order chi connectivity index (χ1) is 6.72. The number of esters is 1. The van der Waals surface area contributed by atoms with Gasteiger partial charge in [0.05, 0.1) is 12.7 Å². The molecule has 14 heavy (non-hydrogen) atoms. The summed E-state index contributed by atoms with van der Waals surface area (Å²) in [4.78, 5) is 19.3. The average molecular weight is 195 g/mol. The lowest BCUT2D eigenvalue weighted by Gasteiger charge is -1.97. The maximum Gasteiger partial charge on any atom is 0.330 e. The van der Waals surface area contributed by atoms with Gasteiger partial charge in [-0.05, 0) is 6.42 Å². The van der Waals surface area contributed by atoms with Gasteiger partial charge in [0.25, 0.3) is 0 Å². The molecule has 0 spiro atoms. The zero-order valence-electron chi connectivity index (χ0n) is 8.16. The maximum absolute atomic E-state index is 10.3. The fraction of sp³-hybridized carbons (Fsp3) is 0.400. The highest BCUT2D eigenvalue weighted by Crippen LogP contribution is 1.88. The minimum Gasteiger partial charge on any atom is -0.463 e. The smallest absolute Gasteiger partial charge is 0.330 e. The van der Waals surface area contributed by atoms with Crippen LogP contribution in [0.3, 0.4) is 0 Å². The van der Waals surface area contributed by atoms with Crippen molar-refractivity contribution in [1.29, 1.82) is 5.26 Å². The van der Waals surface area contributed by atoms with Gasteiger partial charge >= 0.3 is 5.97 Å². The molecule has 0 N–H and O–H groups in total. The molecule has 0 fully saturated rings. The fourth-order valence-electron chi connectivity index (χ4n) is 0.402. The van der Waals surface area contributed by atoms with Gasteiger partial charge in [0, 0.05) is 6.08 Å². The molecule has 0 saturated carbocycles. The van der Waals surface area contributed by atoms with Crippen LogP contribution < -0.4 is 0 Å². The summed E-state index contributed by atoms with van der Waals surface area (Å²) in [6.07, 6.45) is 3.90. The predicted molar refractivity (Wildman–Crippen MR) is 51.9 cm³/mol. The van der Waals surface area contributed by atoms with E-state index >= 15 is 0 Å². The van der Waals surface area contributed by atoms with Crippen LogP contribution in [-0.4, -0.2) is 18.5 Å². The van der Waals surface area contributed by atoms with Gasteiger partial charge in [0.2, 0.25) is 0 Å². The van der Waals surface area contributed by atoms with Gasteiger partial charge in [-0.2, -0.15) is 5.26 Å². The number of hydrogen-bond acceptors (Lipinski definition) is 4. The quantitative estimate of drug-likeness (QED) is 0.223. The topological polar surface area (TPSA) is 67.2 Å². The van der Waals surface area contributed by atoms with E-state index in [1.54, 1.807) is 0 Å². The summed E-state index contributed by atoms with van der Waals surface area (Å²) in [6.45, 7) is 5.82. The van der Waals surface area contributed by atoms with Gasteiger partial charge in [-0.25, -0.2) is 9.59 Å². The molecule has 0 saturated heterocycles. The van der Waals surface area contributed by atoms with Crippen molar-refractivity contribution in [2.24, 2.45) is 0 Å². The molecule has 0 aliphatic heterocycles. The molecule has 0 rings (SSSR count). The number of ether oxygens (including phenoxy) is 1. The summed E-state index contributed by atoms with van der Waals surface area (Å²) >= 11 is 0. The van der Waals surface area contributed by atoms with Crippen molar-refractivity contribution in [2.75, 3.05) is 6.61 Å². The Morgan fingerprint density at radius 3 is 2.57 bits per heavy atom. The summed E-state index contributed by atoms with van der Waals surface area (Å²) in [5.41, 5.74) is 0. The van der Waals surface area contributed by atoms with Crippen LogP contribution in [0, 0.1) is 11.3 Å². The average Bonchev–Trinajstić information content (AvgIpc) is 2.20. The number of hydrogen-bond donors (Lipinski definition) is 0. The number of nitriles is 1. The van der Waals surface area contributed by atoms with E-state index in [-0.39, 0.29) is 5.97 Å². The Bertz CT molecular complexity index is 247. The molecule has 0 aromatic carbocycles. The first-order valence-electron chi connectivity index (χ1n) is 4.11. The molecule has 0 aliphatic rings. The van der Waals surface area contributed by atoms with Crippen LogP contribution in [0.1, 0.15) is 19.8 Å². The number of rotatable bonds is 4. The van der Waals surface area contributed by atoms with Crippen molar-refractivity contribution in [3.05, 3.63) is 18.7 Å². The monoisotopic (exact) mass is 195 g/mol. The van der Waals surface area contributed by atoms with E-state index in [9.17, 15) is 4.79 Å². The number of carbonyl (C=O) groups is 1. The zero-order chi connectivity index (χ0) is 11.2. The second-order valence-electron chi connectivity index (χ2n) is 2.12. The summed E-state index contributed by atoms with van der Waals surface area (Å²) < 4.78 is 4.67. The molecule has 0 unspecified atom stereocenters. The standard InChI is InChI=1S/C7H12O2.C3HNO/c1-3-5-6-9-7(8)4-2;4-2-1-3-5/h4H,2-3,5-6H2,1H3;1H. The molecular formula is C10H13NO3. The van der Waals surface area contributed by atoms with E-state index in [0.717, 1.165) is 18.9 Å². The van der Waals surface area contributed by atoms with Crippen LogP contribution >= 0.6 is 0 Å². The molecule has 76 valence electrons. The Hall–Kier alpha value is -1.85. The number of unbranched alkanes of at least 4 members (excludes halogenated alkanes) is 1. The lowest BCUT2D eigenvalue weighted by Crippen LogP contribution is -2.00. The minimum atomic E-state index is -0.330. The van der Waals surface area contributed by atoms with Gasteiger partial charge in [-0.15, -0.1) is 0 Å². The van der Waals surface area contributed by atoms with Crippen LogP contribution in [0.2, 0.25) is 0 Å². The molecule has 0 radical (unpaired) electrons. The number of nitrogens with zero attached hydrogens (tertiary/aromatic N) is 1. The summed E-state index contributed by atoms with van der Waals surface area (Å²) in [7, 11) is 0. The highest BCUT2D eigenvalue weighted by Gasteiger charge is 1.91. The Labute approximate surface area is 83.5 Å². The van der Waals surface area contributed by atoms with Crippen LogP contribution in [-0.2, 0) is 14.3 Å². The first-order valence-corrected chi connectivity index (χ1v) is 4.11. The van der Waals surface area contributed by atoms with Gasteiger partial charge in [-0.1, -0.05) is 19.9 Å². The van der Waals surface area contributed by atoms with Crippen LogP contribution in [0.4, 0.5) is 0 Å². The van der Waals surface area contributed by atoms with Crippen LogP contribution in [0.15, 0.2) is 18.7 Å². The molecule has 0 aromatic heterocycles. The highest BCUT2D eigenvalue weighted by molar-refractivity contribution is 5.81. The van der Waals surface area contributed by atoms with Crippen molar-refractivity contribution in [2.45, 2.75) is 19.8 Å². The molecule has 0 aliphatic carbocycles. The first kappa shape index (κ1) is 14.7. The zero-order valence-corrected chi connectivity index (χ0v) is 8.16. The number of allylic oxidation sites excluding steroid dienone is 1. The van der Waals surface area contributed by atoms with Crippen molar-refractivity contribution in [3.8, 4) is 6.07 Å². The van der Waals surface area contributed by atoms with Gasteiger partial charge in [0.1, 0.15) is 12.0 Å². The number of carbonyl (C=O) groups excluding carboxylic acids is 2. The second kappa shape index (κ2) is 13.7. The van der Waals surface area contributed by atoms with Crippen LogP contribution in [0.5, 0.6) is 0 Å². The summed E-state index contributed by atoms with van der Waals surface area (Å²) in [5.74, 6) is 0.951. The third kappa shape index (κ3) is 16.6. The van der Waals surface area contributed by atoms with E-state index in [1.807, 2.05) is 6.92 Å². The SMILES string of the molecule is C=CC(=O)OCCCC.N#CC=C=O. The fourth-order valence-corrected chi connectivity index (χ4v) is 0.402. The molecule has 0 heterocycles. The summed E-state index contributed by atoms with van der Waals surface area (Å²) in [5, 5.41) is 7.50. The van der Waals surface area contributed by atoms with Crippen molar-refractivity contribution < 1.29 is 14.3 Å². The molecule has 0 amide bonds. The van der Waals surface area contributed by atoms with E-state index < -0.39 is 0 Å². The Balaban J connectivity index is 0. The second-order valence-corrected chi connectivity index (χ2v) is 2.12. The van der Waals surface area contributed by atoms with E-state index in [2.05, 4.69) is 11.3 Å². The van der Waals surface area contributed by atoms with Crippen LogP contribution in [0.25, 0.3) is 0 Å². The highest BCUT2D eigenvalue weighted by atomic mass is 16.5. The van der Waals surface area contributed by atoms with Crippen molar-refractivity contribution in [3.63, 3.8) is 0 Å². The Kier molecular flexibility index (Phi) is 14.4. The molecule has 0 aromatic rings. The Morgan fingerprint density at radius 2 is 2.29 bits per heavy atom. The normalized spacial score (nSPS) is 6.86. The third-order valence-electron chi connectivity index (χ3n) is 1.03. The van der Waals surface area contributed by atoms with Crippen molar-refractivity contribution >= 4 is 11.9 Å². The molecular weight excluding hydrogens is 182 g/mol. The lowest BCUT2D eigenvalue weighted by atomic mass is 10.4. The minimum absolute atomic E-state index is 0.330. The predicted octanol–water partition coefficient (Wildman–Crippen LogP) is 1.41. The van der Waals surface area contributed by atoms with E-state index in [4.69, 9.17) is 10.1 Å². The third-order valence-corrected chi connectivity index (χ3v) is 1.03. The summed E-state index contributed by atoms with van der Waals surface area (Å²) in [6, 6.07) is 1.47. The largest absolute Gasteiger partial charge is 0.463 e. The van der Waals surface area contributed by atoms with E-state index in [0.29, 0.717) is 6.61 Å². The lowest BCUT2D eigenvalue weighted by molar-refractivity contribution is -0.137. The van der Waals surface area contributed by atoms with Crippen molar-refractivity contribution in [1.82, 2.24) is 0 Å². The molecule has 4 nitrogen and oxygen atoms in total. The van der Waals surface area contributed by atoms with Gasteiger partial charge < -0.3 is 4.74 Å². The molecule has 0 atom stereocenters. The Morgan fingerprint density at radius 1 is 1.64 bits per heavy atom. The van der Waals surface area contributed by atoms with Gasteiger partial charge in [-0.3, -0.25) is 0 Å². The molecule has 0 bridgehead atoms. The maximum atomic E-state index is 10.3. The molecule has 4 heteroatoms. The van der Waals surface area contributed by atoms with E-state index in [1.165, 1.54) is 18.1 Å².